The van der Waals surface area contributed by atoms with Gasteiger partial charge in [0.05, 0.1) is 0 Å². The maximum atomic E-state index is 11.5. The van der Waals surface area contributed by atoms with E-state index in [1.54, 1.807) is 6.08 Å². The SMILES string of the molecule is C=CCOc1ccc(NC(=S)NC(=O)CCCC)cc1. The molecule has 108 valence electrons. The second-order valence-electron chi connectivity index (χ2n) is 4.23. The van der Waals surface area contributed by atoms with Gasteiger partial charge in [0, 0.05) is 12.1 Å². The van der Waals surface area contributed by atoms with E-state index in [2.05, 4.69) is 17.2 Å². The fraction of sp³-hybridized carbons (Fsp3) is 0.333. The van der Waals surface area contributed by atoms with Gasteiger partial charge >= 0.3 is 0 Å². The van der Waals surface area contributed by atoms with E-state index in [1.165, 1.54) is 0 Å². The van der Waals surface area contributed by atoms with Gasteiger partial charge in [0.25, 0.3) is 0 Å². The quantitative estimate of drug-likeness (QED) is 0.598. The summed E-state index contributed by atoms with van der Waals surface area (Å²) in [5.74, 6) is 0.698. The Labute approximate surface area is 125 Å². The summed E-state index contributed by atoms with van der Waals surface area (Å²) in [6, 6.07) is 7.33. The number of nitrogens with one attached hydrogen (secondary N) is 2. The van der Waals surface area contributed by atoms with Gasteiger partial charge in [-0.3, -0.25) is 4.79 Å². The van der Waals surface area contributed by atoms with Crippen LogP contribution in [0.25, 0.3) is 0 Å². The number of carbonyl (C=O) groups is 1. The Morgan fingerprint density at radius 3 is 2.70 bits per heavy atom. The summed E-state index contributed by atoms with van der Waals surface area (Å²) in [5, 5.41) is 5.92. The monoisotopic (exact) mass is 292 g/mol. The maximum Gasteiger partial charge on any atom is 0.226 e. The van der Waals surface area contributed by atoms with Crippen molar-refractivity contribution in [2.45, 2.75) is 26.2 Å². The van der Waals surface area contributed by atoms with E-state index < -0.39 is 0 Å². The zero-order valence-electron chi connectivity index (χ0n) is 11.6. The maximum absolute atomic E-state index is 11.5. The molecule has 0 fully saturated rings. The third-order valence-corrected chi connectivity index (χ3v) is 2.69. The van der Waals surface area contributed by atoms with Crippen molar-refractivity contribution in [1.82, 2.24) is 5.32 Å². The summed E-state index contributed by atoms with van der Waals surface area (Å²) in [4.78, 5) is 11.5. The number of rotatable bonds is 7. The molecule has 0 aromatic heterocycles. The minimum Gasteiger partial charge on any atom is -0.490 e. The molecule has 0 unspecified atom stereocenters. The molecule has 20 heavy (non-hydrogen) atoms. The third kappa shape index (κ3) is 6.33. The first-order chi connectivity index (χ1) is 9.65. The molecule has 4 nitrogen and oxygen atoms in total. The highest BCUT2D eigenvalue weighted by Crippen LogP contribution is 2.15. The Morgan fingerprint density at radius 2 is 2.10 bits per heavy atom. The Hall–Kier alpha value is -1.88. The van der Waals surface area contributed by atoms with Crippen LogP contribution in [0.4, 0.5) is 5.69 Å². The molecule has 1 aromatic rings. The highest BCUT2D eigenvalue weighted by molar-refractivity contribution is 7.80. The van der Waals surface area contributed by atoms with Crippen LogP contribution in [-0.2, 0) is 4.79 Å². The molecule has 1 aromatic carbocycles. The van der Waals surface area contributed by atoms with Crippen molar-refractivity contribution >= 4 is 28.9 Å². The summed E-state index contributed by atoms with van der Waals surface area (Å²) in [7, 11) is 0. The van der Waals surface area contributed by atoms with Crippen molar-refractivity contribution in [3.63, 3.8) is 0 Å². The van der Waals surface area contributed by atoms with Crippen molar-refractivity contribution < 1.29 is 9.53 Å². The van der Waals surface area contributed by atoms with Crippen molar-refractivity contribution in [2.24, 2.45) is 0 Å². The number of carbonyl (C=O) groups excluding carboxylic acids is 1. The predicted molar refractivity (Wildman–Crippen MR) is 86.0 cm³/mol. The number of hydrogen-bond donors (Lipinski definition) is 2. The molecular formula is C15H20N2O2S. The number of ether oxygens (including phenoxy) is 1. The van der Waals surface area contributed by atoms with Gasteiger partial charge in [0.1, 0.15) is 12.4 Å². The Bertz CT molecular complexity index is 457. The summed E-state index contributed by atoms with van der Waals surface area (Å²) in [6.45, 7) is 6.10. The number of hydrogen-bond acceptors (Lipinski definition) is 3. The average Bonchev–Trinajstić information content (AvgIpc) is 2.44. The van der Waals surface area contributed by atoms with Crippen LogP contribution in [0.2, 0.25) is 0 Å². The second-order valence-corrected chi connectivity index (χ2v) is 4.64. The molecule has 0 saturated heterocycles. The van der Waals surface area contributed by atoms with Crippen LogP contribution < -0.4 is 15.4 Å². The van der Waals surface area contributed by atoms with Gasteiger partial charge in [-0.1, -0.05) is 26.0 Å². The van der Waals surface area contributed by atoms with E-state index >= 15 is 0 Å². The summed E-state index contributed by atoms with van der Waals surface area (Å²) in [6.07, 6.45) is 4.03. The molecule has 0 spiro atoms. The number of anilines is 1. The van der Waals surface area contributed by atoms with Crippen LogP contribution in [0, 0.1) is 0 Å². The lowest BCUT2D eigenvalue weighted by Crippen LogP contribution is -2.33. The number of unbranched alkanes of at least 4 members (excludes halogenated alkanes) is 1. The average molecular weight is 292 g/mol. The Balaban J connectivity index is 2.41. The van der Waals surface area contributed by atoms with Gasteiger partial charge in [-0.25, -0.2) is 0 Å². The molecule has 2 N–H and O–H groups in total. The van der Waals surface area contributed by atoms with Crippen LogP contribution in [-0.4, -0.2) is 17.6 Å². The largest absolute Gasteiger partial charge is 0.490 e. The summed E-state index contributed by atoms with van der Waals surface area (Å²) in [5.41, 5.74) is 0.803. The fourth-order valence-electron chi connectivity index (χ4n) is 1.48. The van der Waals surface area contributed by atoms with Gasteiger partial charge in [0.15, 0.2) is 5.11 Å². The number of benzene rings is 1. The highest BCUT2D eigenvalue weighted by atomic mass is 32.1. The van der Waals surface area contributed by atoms with E-state index in [0.29, 0.717) is 18.1 Å². The first kappa shape index (κ1) is 16.2. The van der Waals surface area contributed by atoms with E-state index in [9.17, 15) is 4.79 Å². The molecule has 0 radical (unpaired) electrons. The van der Waals surface area contributed by atoms with E-state index in [-0.39, 0.29) is 5.91 Å². The minimum absolute atomic E-state index is 0.0599. The van der Waals surface area contributed by atoms with E-state index in [0.717, 1.165) is 24.3 Å². The van der Waals surface area contributed by atoms with E-state index in [4.69, 9.17) is 17.0 Å². The topological polar surface area (TPSA) is 50.4 Å². The van der Waals surface area contributed by atoms with Crippen LogP contribution in [0.1, 0.15) is 26.2 Å². The van der Waals surface area contributed by atoms with Gasteiger partial charge in [-0.15, -0.1) is 0 Å². The van der Waals surface area contributed by atoms with Crippen molar-refractivity contribution in [3.05, 3.63) is 36.9 Å². The molecule has 0 heterocycles. The summed E-state index contributed by atoms with van der Waals surface area (Å²) < 4.78 is 5.38. The zero-order valence-corrected chi connectivity index (χ0v) is 12.5. The van der Waals surface area contributed by atoms with Crippen molar-refractivity contribution in [2.75, 3.05) is 11.9 Å². The van der Waals surface area contributed by atoms with Crippen LogP contribution in [0.3, 0.4) is 0 Å². The number of amides is 1. The van der Waals surface area contributed by atoms with E-state index in [1.807, 2.05) is 31.2 Å². The molecule has 1 rings (SSSR count). The lowest BCUT2D eigenvalue weighted by atomic mass is 10.2. The highest BCUT2D eigenvalue weighted by Gasteiger charge is 2.04. The molecule has 0 bridgehead atoms. The molecular weight excluding hydrogens is 272 g/mol. The Kier molecular flexibility index (Phi) is 7.35. The van der Waals surface area contributed by atoms with Crippen molar-refractivity contribution in [1.29, 1.82) is 0 Å². The third-order valence-electron chi connectivity index (χ3n) is 2.49. The van der Waals surface area contributed by atoms with Crippen molar-refractivity contribution in [3.8, 4) is 5.75 Å². The number of thiocarbonyl (C=S) groups is 1. The van der Waals surface area contributed by atoms with Crippen LogP contribution >= 0.6 is 12.2 Å². The van der Waals surface area contributed by atoms with Crippen LogP contribution in [0.5, 0.6) is 5.75 Å². The molecule has 0 atom stereocenters. The minimum atomic E-state index is -0.0599. The smallest absolute Gasteiger partial charge is 0.226 e. The lowest BCUT2D eigenvalue weighted by Gasteiger charge is -2.10. The Morgan fingerprint density at radius 1 is 1.40 bits per heavy atom. The molecule has 1 amide bonds. The van der Waals surface area contributed by atoms with Gasteiger partial charge < -0.3 is 15.4 Å². The second kappa shape index (κ2) is 9.09. The molecule has 5 heteroatoms. The molecule has 0 saturated carbocycles. The molecule has 0 aliphatic rings. The standard InChI is InChI=1S/C15H20N2O2S/c1-3-5-6-14(18)17-15(20)16-12-7-9-13(10-8-12)19-11-4-2/h4,7-10H,2-3,5-6,11H2,1H3,(H2,16,17,18,20). The van der Waals surface area contributed by atoms with Crippen LogP contribution in [0.15, 0.2) is 36.9 Å². The fourth-order valence-corrected chi connectivity index (χ4v) is 1.71. The summed E-state index contributed by atoms with van der Waals surface area (Å²) >= 11 is 5.08. The first-order valence-electron chi connectivity index (χ1n) is 6.60. The van der Waals surface area contributed by atoms with Gasteiger partial charge in [-0.2, -0.15) is 0 Å². The molecule has 0 aliphatic carbocycles. The first-order valence-corrected chi connectivity index (χ1v) is 7.01. The predicted octanol–water partition coefficient (Wildman–Crippen LogP) is 3.25. The molecule has 0 aliphatic heterocycles. The van der Waals surface area contributed by atoms with Gasteiger partial charge in [0.2, 0.25) is 5.91 Å². The lowest BCUT2D eigenvalue weighted by molar-refractivity contribution is -0.119. The normalized spacial score (nSPS) is 9.65. The zero-order chi connectivity index (χ0) is 14.8. The van der Waals surface area contributed by atoms with Gasteiger partial charge in [-0.05, 0) is 42.9 Å².